The average molecular weight is 297 g/mol. The van der Waals surface area contributed by atoms with E-state index in [-0.39, 0.29) is 23.2 Å². The maximum atomic E-state index is 12.2. The number of nitrogens with zero attached hydrogens (tertiary/aromatic N) is 3. The minimum Gasteiger partial charge on any atom is -0.314 e. The molecule has 2 aromatic heterocycles. The van der Waals surface area contributed by atoms with Crippen molar-refractivity contribution in [1.82, 2.24) is 9.97 Å². The van der Waals surface area contributed by atoms with Crippen LogP contribution in [0.3, 0.4) is 0 Å². The van der Waals surface area contributed by atoms with Crippen LogP contribution in [0.5, 0.6) is 0 Å². The lowest BCUT2D eigenvalue weighted by Gasteiger charge is -2.08. The van der Waals surface area contributed by atoms with Gasteiger partial charge in [0.1, 0.15) is 12.1 Å². The minimum atomic E-state index is -0.267. The first-order valence-electron chi connectivity index (χ1n) is 6.54. The maximum Gasteiger partial charge on any atom is 0.268 e. The van der Waals surface area contributed by atoms with Crippen LogP contribution in [0.25, 0.3) is 0 Å². The van der Waals surface area contributed by atoms with Crippen LogP contribution in [-0.2, 0) is 12.8 Å². The zero-order valence-corrected chi connectivity index (χ0v) is 11.9. The monoisotopic (exact) mass is 297 g/mol. The van der Waals surface area contributed by atoms with Crippen molar-refractivity contribution in [2.24, 2.45) is 0 Å². The summed E-state index contributed by atoms with van der Waals surface area (Å²) in [6.07, 6.45) is 4.39. The minimum absolute atomic E-state index is 0.0155. The van der Waals surface area contributed by atoms with Gasteiger partial charge < -0.3 is 4.98 Å². The number of imidazole rings is 1. The molecule has 2 heterocycles. The molecule has 7 heteroatoms. The number of thiophene rings is 1. The summed E-state index contributed by atoms with van der Waals surface area (Å²) in [6, 6.07) is 5.56. The highest BCUT2D eigenvalue weighted by Crippen LogP contribution is 2.30. The molecule has 0 spiro atoms. The quantitative estimate of drug-likeness (QED) is 0.887. The van der Waals surface area contributed by atoms with Gasteiger partial charge in [-0.25, -0.2) is 4.98 Å². The number of fused-ring (bicyclic) bond motifs is 1. The van der Waals surface area contributed by atoms with Crippen LogP contribution >= 0.6 is 11.3 Å². The Kier molecular flexibility index (Phi) is 3.43. The van der Waals surface area contributed by atoms with E-state index < -0.39 is 0 Å². The normalized spacial score (nSPS) is 13.0. The van der Waals surface area contributed by atoms with E-state index in [9.17, 15) is 4.79 Å². The Morgan fingerprint density at radius 1 is 1.33 bits per heavy atom. The number of carbonyl (C=O) groups is 1. The molecule has 0 bridgehead atoms. The molecule has 104 valence electrons. The lowest BCUT2D eigenvalue weighted by atomic mass is 9.99. The molecule has 1 aliphatic rings. The summed E-state index contributed by atoms with van der Waals surface area (Å²) in [5.74, 6) is -0.142. The molecule has 0 aromatic carbocycles. The fourth-order valence-electron chi connectivity index (χ4n) is 2.37. The highest BCUT2D eigenvalue weighted by Gasteiger charge is 2.18. The molecule has 0 unspecified atom stereocenters. The van der Waals surface area contributed by atoms with Crippen molar-refractivity contribution in [2.75, 3.05) is 5.32 Å². The highest BCUT2D eigenvalue weighted by molar-refractivity contribution is 7.14. The summed E-state index contributed by atoms with van der Waals surface area (Å²) in [6.45, 7) is 0. The fourth-order valence-corrected chi connectivity index (χ4v) is 3.51. The summed E-state index contributed by atoms with van der Waals surface area (Å²) >= 11 is 1.50. The second-order valence-electron chi connectivity index (χ2n) is 4.75. The molecule has 1 aliphatic carbocycles. The Morgan fingerprint density at radius 2 is 2.14 bits per heavy atom. The van der Waals surface area contributed by atoms with Gasteiger partial charge in [0, 0.05) is 4.88 Å². The van der Waals surface area contributed by atoms with Gasteiger partial charge in [0.25, 0.3) is 5.91 Å². The third-order valence-electron chi connectivity index (χ3n) is 3.37. The van der Waals surface area contributed by atoms with Crippen molar-refractivity contribution in [3.05, 3.63) is 32.8 Å². The summed E-state index contributed by atoms with van der Waals surface area (Å²) in [7, 11) is 0. The maximum absolute atomic E-state index is 12.2. The number of amides is 1. The van der Waals surface area contributed by atoms with Crippen molar-refractivity contribution in [3.8, 4) is 12.1 Å². The Balaban J connectivity index is 1.80. The molecule has 0 fully saturated rings. The predicted octanol–water partition coefficient (Wildman–Crippen LogP) is 2.35. The van der Waals surface area contributed by atoms with Gasteiger partial charge in [-0.15, -0.1) is 11.3 Å². The van der Waals surface area contributed by atoms with E-state index >= 15 is 0 Å². The number of H-pyrrole nitrogens is 1. The van der Waals surface area contributed by atoms with Gasteiger partial charge in [-0.1, -0.05) is 0 Å². The number of hydrogen-bond donors (Lipinski definition) is 2. The topological polar surface area (TPSA) is 105 Å². The number of anilines is 1. The molecule has 3 rings (SSSR count). The molecule has 0 saturated heterocycles. The summed E-state index contributed by atoms with van der Waals surface area (Å²) in [4.78, 5) is 20.6. The number of aromatic amines is 1. The number of nitriles is 2. The molecular weight excluding hydrogens is 286 g/mol. The summed E-state index contributed by atoms with van der Waals surface area (Å²) < 4.78 is 0. The third-order valence-corrected chi connectivity index (χ3v) is 4.61. The van der Waals surface area contributed by atoms with Crippen molar-refractivity contribution in [1.29, 1.82) is 10.5 Å². The van der Waals surface area contributed by atoms with Crippen molar-refractivity contribution in [2.45, 2.75) is 25.7 Å². The molecule has 0 atom stereocenters. The number of rotatable bonds is 2. The van der Waals surface area contributed by atoms with E-state index in [1.165, 1.54) is 34.6 Å². The number of hydrogen-bond acceptors (Lipinski definition) is 5. The smallest absolute Gasteiger partial charge is 0.268 e. The molecule has 1 amide bonds. The molecule has 2 aromatic rings. The number of aryl methyl sites for hydroxylation is 2. The highest BCUT2D eigenvalue weighted by atomic mass is 32.1. The van der Waals surface area contributed by atoms with E-state index in [0.717, 1.165) is 12.8 Å². The number of carbonyl (C=O) groups excluding carboxylic acids is 1. The second kappa shape index (κ2) is 5.39. The van der Waals surface area contributed by atoms with Crippen LogP contribution < -0.4 is 5.32 Å². The number of nitrogens with one attached hydrogen (secondary N) is 2. The van der Waals surface area contributed by atoms with E-state index in [2.05, 4.69) is 15.3 Å². The van der Waals surface area contributed by atoms with E-state index in [1.54, 1.807) is 6.07 Å². The Hall–Kier alpha value is -2.64. The zero-order chi connectivity index (χ0) is 14.8. The van der Waals surface area contributed by atoms with Crippen LogP contribution in [-0.4, -0.2) is 15.9 Å². The lowest BCUT2D eigenvalue weighted by Crippen LogP contribution is -2.11. The fraction of sp³-hybridized carbons (Fsp3) is 0.286. The van der Waals surface area contributed by atoms with Gasteiger partial charge in [0.15, 0.2) is 11.4 Å². The number of aromatic nitrogens is 2. The van der Waals surface area contributed by atoms with E-state index in [4.69, 9.17) is 10.5 Å². The van der Waals surface area contributed by atoms with Gasteiger partial charge in [-0.2, -0.15) is 10.5 Å². The Labute approximate surface area is 125 Å². The van der Waals surface area contributed by atoms with Crippen LogP contribution in [0, 0.1) is 22.7 Å². The first-order valence-corrected chi connectivity index (χ1v) is 7.36. The Bertz CT molecular complexity index is 734. The summed E-state index contributed by atoms with van der Waals surface area (Å²) in [5.41, 5.74) is 1.29. The Morgan fingerprint density at radius 3 is 2.81 bits per heavy atom. The van der Waals surface area contributed by atoms with Gasteiger partial charge >= 0.3 is 0 Å². The first kappa shape index (κ1) is 13.3. The lowest BCUT2D eigenvalue weighted by molar-refractivity contribution is 0.102. The third kappa shape index (κ3) is 2.51. The zero-order valence-electron chi connectivity index (χ0n) is 11.1. The van der Waals surface area contributed by atoms with Gasteiger partial charge in [-0.05, 0) is 37.3 Å². The summed E-state index contributed by atoms with van der Waals surface area (Å²) in [5, 5.41) is 20.3. The van der Waals surface area contributed by atoms with Gasteiger partial charge in [0.05, 0.1) is 4.88 Å². The van der Waals surface area contributed by atoms with Crippen LogP contribution in [0.1, 0.15) is 44.3 Å². The first-order chi connectivity index (χ1) is 10.2. The van der Waals surface area contributed by atoms with E-state index in [0.29, 0.717) is 4.88 Å². The average Bonchev–Trinajstić information content (AvgIpc) is 3.09. The molecule has 0 radical (unpaired) electrons. The van der Waals surface area contributed by atoms with Crippen LogP contribution in [0.4, 0.5) is 5.95 Å². The standard InChI is InChI=1S/C14H11N5OS/c15-6-9-10(7-16)18-14(17-9)19-13(20)12-5-8-3-1-2-4-11(8)21-12/h5H,1-4H2,(H2,17,18,19,20). The SMILES string of the molecule is N#Cc1nc(NC(=O)c2cc3c(s2)CCCC3)[nH]c1C#N. The second-order valence-corrected chi connectivity index (χ2v) is 5.89. The van der Waals surface area contributed by atoms with Crippen LogP contribution in [0.15, 0.2) is 6.07 Å². The van der Waals surface area contributed by atoms with Crippen molar-refractivity contribution in [3.63, 3.8) is 0 Å². The van der Waals surface area contributed by atoms with Gasteiger partial charge in [0.2, 0.25) is 5.95 Å². The molecule has 0 saturated carbocycles. The van der Waals surface area contributed by atoms with Crippen LogP contribution in [0.2, 0.25) is 0 Å². The van der Waals surface area contributed by atoms with Crippen molar-refractivity contribution < 1.29 is 4.79 Å². The molecule has 2 N–H and O–H groups in total. The molecular formula is C14H11N5OS. The van der Waals surface area contributed by atoms with Gasteiger partial charge in [-0.3, -0.25) is 10.1 Å². The molecule has 21 heavy (non-hydrogen) atoms. The predicted molar refractivity (Wildman–Crippen MR) is 76.9 cm³/mol. The molecule has 6 nitrogen and oxygen atoms in total. The van der Waals surface area contributed by atoms with Crippen molar-refractivity contribution >= 4 is 23.2 Å². The largest absolute Gasteiger partial charge is 0.314 e. The van der Waals surface area contributed by atoms with E-state index in [1.807, 2.05) is 12.1 Å². The molecule has 0 aliphatic heterocycles.